The Morgan fingerprint density at radius 3 is 2.07 bits per heavy atom. The van der Waals surface area contributed by atoms with Crippen LogP contribution in [-0.2, 0) is 29.0 Å². The average molecular weight is 394 g/mol. The maximum absolute atomic E-state index is 12.9. The molecule has 0 aliphatic heterocycles. The molecule has 1 fully saturated rings. The molecule has 0 unspecified atom stereocenters. The normalized spacial score (nSPS) is 18.8. The van der Waals surface area contributed by atoms with Gasteiger partial charge in [-0.2, -0.15) is 0 Å². The SMILES string of the molecule is CCc1cccc(CC)c1NC(=O)C1CCC(C(=O)NCc2ccccn2)CC1. The van der Waals surface area contributed by atoms with Gasteiger partial charge in [0.2, 0.25) is 11.8 Å². The molecular weight excluding hydrogens is 362 g/mol. The summed E-state index contributed by atoms with van der Waals surface area (Å²) in [4.78, 5) is 29.6. The van der Waals surface area contributed by atoms with E-state index < -0.39 is 0 Å². The van der Waals surface area contributed by atoms with Crippen molar-refractivity contribution in [3.63, 3.8) is 0 Å². The third kappa shape index (κ3) is 5.43. The Bertz CT molecular complexity index is 805. The second-order valence-electron chi connectivity index (χ2n) is 7.74. The molecule has 1 aromatic heterocycles. The number of nitrogens with one attached hydrogen (secondary N) is 2. The Morgan fingerprint density at radius 2 is 1.52 bits per heavy atom. The number of rotatable bonds is 7. The van der Waals surface area contributed by atoms with Crippen molar-refractivity contribution in [3.8, 4) is 0 Å². The zero-order valence-corrected chi connectivity index (χ0v) is 17.4. The van der Waals surface area contributed by atoms with E-state index >= 15 is 0 Å². The molecular formula is C24H31N3O2. The number of carbonyl (C=O) groups excluding carboxylic acids is 2. The molecule has 2 aromatic rings. The summed E-state index contributed by atoms with van der Waals surface area (Å²) in [5, 5.41) is 6.17. The van der Waals surface area contributed by atoms with Gasteiger partial charge >= 0.3 is 0 Å². The van der Waals surface area contributed by atoms with E-state index in [2.05, 4.69) is 47.7 Å². The number of aromatic nitrogens is 1. The molecule has 29 heavy (non-hydrogen) atoms. The Morgan fingerprint density at radius 1 is 0.897 bits per heavy atom. The van der Waals surface area contributed by atoms with Crippen molar-refractivity contribution >= 4 is 17.5 Å². The van der Waals surface area contributed by atoms with Gasteiger partial charge in [0.05, 0.1) is 12.2 Å². The highest BCUT2D eigenvalue weighted by atomic mass is 16.2. The number of nitrogens with zero attached hydrogens (tertiary/aromatic N) is 1. The highest BCUT2D eigenvalue weighted by Gasteiger charge is 2.30. The fraction of sp³-hybridized carbons (Fsp3) is 0.458. The van der Waals surface area contributed by atoms with Crippen LogP contribution in [0.1, 0.15) is 56.4 Å². The molecule has 1 aliphatic carbocycles. The molecule has 5 heteroatoms. The molecule has 0 radical (unpaired) electrons. The van der Waals surface area contributed by atoms with Crippen molar-refractivity contribution in [2.75, 3.05) is 5.32 Å². The first-order valence-electron chi connectivity index (χ1n) is 10.7. The number of benzene rings is 1. The van der Waals surface area contributed by atoms with Crippen LogP contribution in [0.5, 0.6) is 0 Å². The number of hydrogen-bond donors (Lipinski definition) is 2. The van der Waals surface area contributed by atoms with Gasteiger partial charge in [-0.3, -0.25) is 14.6 Å². The second kappa shape index (κ2) is 10.2. The lowest BCUT2D eigenvalue weighted by Crippen LogP contribution is -2.35. The second-order valence-corrected chi connectivity index (χ2v) is 7.74. The van der Waals surface area contributed by atoms with E-state index in [0.717, 1.165) is 49.9 Å². The van der Waals surface area contributed by atoms with Crippen LogP contribution in [-0.4, -0.2) is 16.8 Å². The summed E-state index contributed by atoms with van der Waals surface area (Å²) in [6.45, 7) is 4.67. The zero-order chi connectivity index (χ0) is 20.6. The van der Waals surface area contributed by atoms with Crippen molar-refractivity contribution in [1.82, 2.24) is 10.3 Å². The predicted octanol–water partition coefficient (Wildman–Crippen LogP) is 4.27. The van der Waals surface area contributed by atoms with E-state index in [-0.39, 0.29) is 23.7 Å². The molecule has 5 nitrogen and oxygen atoms in total. The Hall–Kier alpha value is -2.69. The van der Waals surface area contributed by atoms with Crippen molar-refractivity contribution in [2.24, 2.45) is 11.8 Å². The lowest BCUT2D eigenvalue weighted by atomic mass is 9.81. The first-order chi connectivity index (χ1) is 14.1. The fourth-order valence-corrected chi connectivity index (χ4v) is 4.07. The standard InChI is InChI=1S/C24H31N3O2/c1-3-17-8-7-9-18(4-2)22(17)27-24(29)20-13-11-19(12-14-20)23(28)26-16-21-10-5-6-15-25-21/h5-10,15,19-20H,3-4,11-14,16H2,1-2H3,(H,26,28)(H,27,29). The molecule has 1 aromatic carbocycles. The first-order valence-corrected chi connectivity index (χ1v) is 10.7. The summed E-state index contributed by atoms with van der Waals surface area (Å²) in [5.41, 5.74) is 4.20. The number of anilines is 1. The number of amides is 2. The van der Waals surface area contributed by atoms with Gasteiger partial charge < -0.3 is 10.6 Å². The van der Waals surface area contributed by atoms with Crippen molar-refractivity contribution in [2.45, 2.75) is 58.9 Å². The van der Waals surface area contributed by atoms with Crippen molar-refractivity contribution in [3.05, 3.63) is 59.4 Å². The lowest BCUT2D eigenvalue weighted by Gasteiger charge is -2.27. The topological polar surface area (TPSA) is 71.1 Å². The van der Waals surface area contributed by atoms with Crippen LogP contribution >= 0.6 is 0 Å². The summed E-state index contributed by atoms with van der Waals surface area (Å²) in [7, 11) is 0. The third-order valence-corrected chi connectivity index (χ3v) is 5.89. The number of aryl methyl sites for hydroxylation is 2. The fourth-order valence-electron chi connectivity index (χ4n) is 4.07. The van der Waals surface area contributed by atoms with Crippen LogP contribution in [0, 0.1) is 11.8 Å². The number of para-hydroxylation sites is 1. The van der Waals surface area contributed by atoms with E-state index in [1.54, 1.807) is 6.20 Å². The van der Waals surface area contributed by atoms with Gasteiger partial charge in [0, 0.05) is 23.7 Å². The molecule has 1 saturated carbocycles. The molecule has 2 amide bonds. The minimum absolute atomic E-state index is 0.0168. The van der Waals surface area contributed by atoms with Gasteiger partial charge in [-0.25, -0.2) is 0 Å². The van der Waals surface area contributed by atoms with Gasteiger partial charge in [-0.05, 0) is 61.8 Å². The summed E-state index contributed by atoms with van der Waals surface area (Å²) in [6, 6.07) is 11.9. The van der Waals surface area contributed by atoms with Gasteiger partial charge in [0.1, 0.15) is 0 Å². The van der Waals surface area contributed by atoms with Crippen LogP contribution in [0.4, 0.5) is 5.69 Å². The Labute approximate surface area is 173 Å². The highest BCUT2D eigenvalue weighted by molar-refractivity contribution is 5.94. The monoisotopic (exact) mass is 393 g/mol. The van der Waals surface area contributed by atoms with E-state index in [9.17, 15) is 9.59 Å². The molecule has 3 rings (SSSR count). The minimum atomic E-state index is -0.0236. The first kappa shape index (κ1) is 21.0. The highest BCUT2D eigenvalue weighted by Crippen LogP contribution is 2.31. The van der Waals surface area contributed by atoms with Gasteiger partial charge in [0.15, 0.2) is 0 Å². The largest absolute Gasteiger partial charge is 0.350 e. The van der Waals surface area contributed by atoms with Crippen LogP contribution in [0.15, 0.2) is 42.6 Å². The molecule has 0 saturated heterocycles. The van der Waals surface area contributed by atoms with Crippen LogP contribution < -0.4 is 10.6 Å². The Kier molecular flexibility index (Phi) is 7.39. The van der Waals surface area contributed by atoms with E-state index in [4.69, 9.17) is 0 Å². The van der Waals surface area contributed by atoms with Gasteiger partial charge in [-0.1, -0.05) is 38.1 Å². The molecule has 154 valence electrons. The smallest absolute Gasteiger partial charge is 0.227 e. The minimum Gasteiger partial charge on any atom is -0.350 e. The predicted molar refractivity (Wildman–Crippen MR) is 115 cm³/mol. The zero-order valence-electron chi connectivity index (χ0n) is 17.4. The van der Waals surface area contributed by atoms with E-state index in [0.29, 0.717) is 6.54 Å². The molecule has 0 spiro atoms. The van der Waals surface area contributed by atoms with Gasteiger partial charge in [-0.15, -0.1) is 0 Å². The summed E-state index contributed by atoms with van der Waals surface area (Å²) in [5.74, 6) is 0.119. The molecule has 0 bridgehead atoms. The number of carbonyl (C=O) groups is 2. The van der Waals surface area contributed by atoms with E-state index in [1.165, 1.54) is 11.1 Å². The van der Waals surface area contributed by atoms with E-state index in [1.807, 2.05) is 18.2 Å². The van der Waals surface area contributed by atoms with Crippen LogP contribution in [0.3, 0.4) is 0 Å². The molecule has 2 N–H and O–H groups in total. The molecule has 1 heterocycles. The summed E-state index contributed by atoms with van der Waals surface area (Å²) < 4.78 is 0. The van der Waals surface area contributed by atoms with Crippen LogP contribution in [0.25, 0.3) is 0 Å². The number of pyridine rings is 1. The molecule has 0 atom stereocenters. The Balaban J connectivity index is 1.51. The summed E-state index contributed by atoms with van der Waals surface area (Å²) in [6.07, 6.45) is 6.53. The molecule has 1 aliphatic rings. The average Bonchev–Trinajstić information content (AvgIpc) is 2.78. The number of hydrogen-bond acceptors (Lipinski definition) is 3. The third-order valence-electron chi connectivity index (χ3n) is 5.89. The summed E-state index contributed by atoms with van der Waals surface area (Å²) >= 11 is 0. The maximum atomic E-state index is 12.9. The van der Waals surface area contributed by atoms with Crippen molar-refractivity contribution in [1.29, 1.82) is 0 Å². The quantitative estimate of drug-likeness (QED) is 0.738. The van der Waals surface area contributed by atoms with Gasteiger partial charge in [0.25, 0.3) is 0 Å². The maximum Gasteiger partial charge on any atom is 0.227 e. The lowest BCUT2D eigenvalue weighted by molar-refractivity contribution is -0.128. The van der Waals surface area contributed by atoms with Crippen LogP contribution in [0.2, 0.25) is 0 Å². The van der Waals surface area contributed by atoms with Crippen molar-refractivity contribution < 1.29 is 9.59 Å².